The van der Waals surface area contributed by atoms with Gasteiger partial charge in [-0.05, 0) is 26.8 Å². The fourth-order valence-electron chi connectivity index (χ4n) is 1.30. The number of aromatic nitrogens is 2. The monoisotopic (exact) mass is 210 g/mol. The molecule has 0 unspecified atom stereocenters. The lowest BCUT2D eigenvalue weighted by atomic mass is 10.2. The molecule has 0 aliphatic heterocycles. The summed E-state index contributed by atoms with van der Waals surface area (Å²) < 4.78 is 1.76. The molecule has 5 nitrogen and oxygen atoms in total. The van der Waals surface area contributed by atoms with Crippen molar-refractivity contribution in [2.45, 2.75) is 26.8 Å². The number of hydrogen-bond donors (Lipinski definition) is 2. The van der Waals surface area contributed by atoms with Crippen molar-refractivity contribution in [3.63, 3.8) is 0 Å². The van der Waals surface area contributed by atoms with Crippen molar-refractivity contribution in [3.8, 4) is 0 Å². The maximum atomic E-state index is 11.7. The first-order chi connectivity index (χ1) is 7.19. The summed E-state index contributed by atoms with van der Waals surface area (Å²) in [6.07, 6.45) is 2.57. The lowest BCUT2D eigenvalue weighted by molar-refractivity contribution is 0.0953. The van der Waals surface area contributed by atoms with E-state index < -0.39 is 0 Å². The Labute approximate surface area is 89.6 Å². The van der Waals surface area contributed by atoms with Crippen molar-refractivity contribution in [3.05, 3.63) is 17.5 Å². The van der Waals surface area contributed by atoms with Crippen LogP contribution >= 0.6 is 0 Å². The van der Waals surface area contributed by atoms with Crippen molar-refractivity contribution in [1.82, 2.24) is 15.1 Å². The van der Waals surface area contributed by atoms with Crippen molar-refractivity contribution in [2.24, 2.45) is 5.73 Å². The lowest BCUT2D eigenvalue weighted by Gasteiger charge is -2.01. The third kappa shape index (κ3) is 3.06. The highest BCUT2D eigenvalue weighted by molar-refractivity contribution is 5.94. The molecule has 1 amide bonds. The van der Waals surface area contributed by atoms with Crippen molar-refractivity contribution < 1.29 is 4.79 Å². The van der Waals surface area contributed by atoms with Gasteiger partial charge in [-0.25, -0.2) is 0 Å². The van der Waals surface area contributed by atoms with Crippen LogP contribution in [0.25, 0.3) is 0 Å². The van der Waals surface area contributed by atoms with Crippen LogP contribution < -0.4 is 11.1 Å². The van der Waals surface area contributed by atoms with Gasteiger partial charge in [-0.3, -0.25) is 9.48 Å². The third-order valence-corrected chi connectivity index (χ3v) is 2.18. The average molecular weight is 210 g/mol. The van der Waals surface area contributed by atoms with E-state index in [9.17, 15) is 4.79 Å². The average Bonchev–Trinajstić information content (AvgIpc) is 2.60. The van der Waals surface area contributed by atoms with Gasteiger partial charge in [-0.2, -0.15) is 5.10 Å². The van der Waals surface area contributed by atoms with Crippen LogP contribution in [0.4, 0.5) is 0 Å². The molecule has 0 radical (unpaired) electrons. The Hall–Kier alpha value is -1.36. The van der Waals surface area contributed by atoms with Gasteiger partial charge in [0, 0.05) is 19.3 Å². The Morgan fingerprint density at radius 1 is 1.67 bits per heavy atom. The van der Waals surface area contributed by atoms with E-state index in [1.807, 2.05) is 13.8 Å². The second kappa shape index (κ2) is 5.50. The van der Waals surface area contributed by atoms with Gasteiger partial charge in [0.15, 0.2) is 0 Å². The molecule has 1 aromatic heterocycles. The van der Waals surface area contributed by atoms with Crippen LogP contribution in [-0.4, -0.2) is 28.8 Å². The molecule has 0 aliphatic rings. The molecule has 0 saturated carbocycles. The molecule has 0 bridgehead atoms. The van der Waals surface area contributed by atoms with E-state index in [1.54, 1.807) is 10.9 Å². The standard InChI is InChI=1S/C10H18N4O/c1-3-14-7-9(8(2)13-14)10(15)12-6-4-5-11/h7H,3-6,11H2,1-2H3,(H,12,15). The fourth-order valence-corrected chi connectivity index (χ4v) is 1.30. The summed E-state index contributed by atoms with van der Waals surface area (Å²) >= 11 is 0. The van der Waals surface area contributed by atoms with Crippen LogP contribution in [0.3, 0.4) is 0 Å². The fraction of sp³-hybridized carbons (Fsp3) is 0.600. The Kier molecular flexibility index (Phi) is 4.30. The lowest BCUT2D eigenvalue weighted by Crippen LogP contribution is -2.26. The van der Waals surface area contributed by atoms with Crippen LogP contribution in [0.1, 0.15) is 29.4 Å². The number of aryl methyl sites for hydroxylation is 2. The van der Waals surface area contributed by atoms with Gasteiger partial charge in [0.2, 0.25) is 0 Å². The zero-order valence-corrected chi connectivity index (χ0v) is 9.29. The van der Waals surface area contributed by atoms with E-state index in [0.717, 1.165) is 18.7 Å². The number of rotatable bonds is 5. The smallest absolute Gasteiger partial charge is 0.254 e. The van der Waals surface area contributed by atoms with E-state index in [1.165, 1.54) is 0 Å². The molecule has 1 aromatic rings. The van der Waals surface area contributed by atoms with Crippen LogP contribution in [0.2, 0.25) is 0 Å². The van der Waals surface area contributed by atoms with Crippen molar-refractivity contribution in [2.75, 3.05) is 13.1 Å². The topological polar surface area (TPSA) is 72.9 Å². The van der Waals surface area contributed by atoms with Gasteiger partial charge in [-0.1, -0.05) is 0 Å². The van der Waals surface area contributed by atoms with Crippen LogP contribution in [0, 0.1) is 6.92 Å². The Bertz CT molecular complexity index is 332. The molecule has 0 spiro atoms. The highest BCUT2D eigenvalue weighted by Crippen LogP contribution is 2.05. The van der Waals surface area contributed by atoms with Gasteiger partial charge in [0.05, 0.1) is 11.3 Å². The minimum Gasteiger partial charge on any atom is -0.352 e. The molecule has 1 heterocycles. The molecule has 0 atom stereocenters. The number of carbonyl (C=O) groups is 1. The maximum absolute atomic E-state index is 11.7. The summed E-state index contributed by atoms with van der Waals surface area (Å²) in [5.74, 6) is -0.0688. The summed E-state index contributed by atoms with van der Waals surface area (Å²) in [5.41, 5.74) is 6.75. The van der Waals surface area contributed by atoms with Gasteiger partial charge < -0.3 is 11.1 Å². The summed E-state index contributed by atoms with van der Waals surface area (Å²) in [6.45, 7) is 5.81. The van der Waals surface area contributed by atoms with E-state index in [4.69, 9.17) is 5.73 Å². The minimum atomic E-state index is -0.0688. The largest absolute Gasteiger partial charge is 0.352 e. The maximum Gasteiger partial charge on any atom is 0.254 e. The Morgan fingerprint density at radius 2 is 2.40 bits per heavy atom. The molecular weight excluding hydrogens is 192 g/mol. The molecule has 0 aromatic carbocycles. The molecule has 0 fully saturated rings. The van der Waals surface area contributed by atoms with Crippen LogP contribution in [0.15, 0.2) is 6.20 Å². The first-order valence-corrected chi connectivity index (χ1v) is 5.21. The number of nitrogens with zero attached hydrogens (tertiary/aromatic N) is 2. The number of carbonyl (C=O) groups excluding carboxylic acids is 1. The summed E-state index contributed by atoms with van der Waals surface area (Å²) in [6, 6.07) is 0. The van der Waals surface area contributed by atoms with Crippen LogP contribution in [0.5, 0.6) is 0 Å². The molecule has 1 rings (SSSR count). The zero-order valence-electron chi connectivity index (χ0n) is 9.29. The summed E-state index contributed by atoms with van der Waals surface area (Å²) in [5, 5.41) is 7.02. The van der Waals surface area contributed by atoms with Gasteiger partial charge in [0.1, 0.15) is 0 Å². The number of nitrogens with one attached hydrogen (secondary N) is 1. The first-order valence-electron chi connectivity index (χ1n) is 5.21. The molecule has 5 heteroatoms. The molecule has 84 valence electrons. The highest BCUT2D eigenvalue weighted by Gasteiger charge is 2.11. The Morgan fingerprint density at radius 3 is 2.93 bits per heavy atom. The van der Waals surface area contributed by atoms with Gasteiger partial charge in [0.25, 0.3) is 5.91 Å². The van der Waals surface area contributed by atoms with Crippen molar-refractivity contribution >= 4 is 5.91 Å². The predicted octanol–water partition coefficient (Wildman–Crippen LogP) is 0.290. The summed E-state index contributed by atoms with van der Waals surface area (Å²) in [7, 11) is 0. The summed E-state index contributed by atoms with van der Waals surface area (Å²) in [4.78, 5) is 11.7. The number of nitrogens with two attached hydrogens (primary N) is 1. The normalized spacial score (nSPS) is 10.3. The second-order valence-corrected chi connectivity index (χ2v) is 3.38. The molecule has 3 N–H and O–H groups in total. The molecule has 0 aliphatic carbocycles. The van der Waals surface area contributed by atoms with E-state index in [0.29, 0.717) is 18.7 Å². The van der Waals surface area contributed by atoms with Crippen molar-refractivity contribution in [1.29, 1.82) is 0 Å². The van der Waals surface area contributed by atoms with E-state index >= 15 is 0 Å². The van der Waals surface area contributed by atoms with E-state index in [2.05, 4.69) is 10.4 Å². The van der Waals surface area contributed by atoms with E-state index in [-0.39, 0.29) is 5.91 Å². The first kappa shape index (κ1) is 11.7. The third-order valence-electron chi connectivity index (χ3n) is 2.18. The minimum absolute atomic E-state index is 0.0688. The zero-order chi connectivity index (χ0) is 11.3. The SMILES string of the molecule is CCn1cc(C(=O)NCCCN)c(C)n1. The highest BCUT2D eigenvalue weighted by atomic mass is 16.1. The van der Waals surface area contributed by atoms with Gasteiger partial charge in [-0.15, -0.1) is 0 Å². The predicted molar refractivity (Wildman–Crippen MR) is 58.6 cm³/mol. The quantitative estimate of drug-likeness (QED) is 0.686. The second-order valence-electron chi connectivity index (χ2n) is 3.38. The molecule has 15 heavy (non-hydrogen) atoms. The molecule has 0 saturated heterocycles. The van der Waals surface area contributed by atoms with Crippen LogP contribution in [-0.2, 0) is 6.54 Å². The molecular formula is C10H18N4O. The number of hydrogen-bond acceptors (Lipinski definition) is 3. The number of amides is 1. The Balaban J connectivity index is 2.60. The van der Waals surface area contributed by atoms with Gasteiger partial charge >= 0.3 is 0 Å².